The molecule has 0 bridgehead atoms. The first-order valence-corrected chi connectivity index (χ1v) is 8.10. The number of nitrogens with one attached hydrogen (secondary N) is 1. The van der Waals surface area contributed by atoms with Crippen LogP contribution >= 0.6 is 31.9 Å². The van der Waals surface area contributed by atoms with Gasteiger partial charge >= 0.3 is 0 Å². The van der Waals surface area contributed by atoms with Crippen LogP contribution in [0.1, 0.15) is 52.1 Å². The van der Waals surface area contributed by atoms with Gasteiger partial charge in [-0.1, -0.05) is 65.6 Å². The molecule has 0 saturated carbocycles. The molecule has 1 N–H and O–H groups in total. The summed E-state index contributed by atoms with van der Waals surface area (Å²) in [5, 5.41) is 3.59. The molecule has 0 aliphatic carbocycles. The fourth-order valence-corrected chi connectivity index (χ4v) is 3.30. The summed E-state index contributed by atoms with van der Waals surface area (Å²) >= 11 is 7.17. The van der Waals surface area contributed by atoms with E-state index < -0.39 is 0 Å². The summed E-state index contributed by atoms with van der Waals surface area (Å²) in [6.45, 7) is 10.1. The number of hydrogen-bond acceptors (Lipinski definition) is 1. The Bertz CT molecular complexity index is 383. The molecule has 1 aromatic rings. The first kappa shape index (κ1) is 16.2. The van der Waals surface area contributed by atoms with E-state index in [4.69, 9.17) is 0 Å². The van der Waals surface area contributed by atoms with Gasteiger partial charge in [-0.25, -0.2) is 0 Å². The number of rotatable bonds is 5. The summed E-state index contributed by atoms with van der Waals surface area (Å²) < 4.78 is 2.29. The molecule has 1 atom stereocenters. The summed E-state index contributed by atoms with van der Waals surface area (Å²) in [5.41, 5.74) is 1.74. The minimum absolute atomic E-state index is 0.384. The molecule has 0 heterocycles. The summed E-state index contributed by atoms with van der Waals surface area (Å²) in [5.74, 6) is 0. The number of benzene rings is 1. The first-order valence-electron chi connectivity index (χ1n) is 6.52. The molecule has 0 saturated heterocycles. The minimum Gasteiger partial charge on any atom is -0.310 e. The molecule has 1 unspecified atom stereocenters. The molecule has 1 nitrogen and oxygen atoms in total. The third-order valence-electron chi connectivity index (χ3n) is 2.97. The van der Waals surface area contributed by atoms with E-state index in [-0.39, 0.29) is 0 Å². The first-order chi connectivity index (χ1) is 8.33. The average molecular weight is 377 g/mol. The Morgan fingerprint density at radius 2 is 1.89 bits per heavy atom. The molecule has 0 amide bonds. The van der Waals surface area contributed by atoms with E-state index in [9.17, 15) is 0 Å². The topological polar surface area (TPSA) is 12.0 Å². The maximum Gasteiger partial charge on any atom is 0.0331 e. The molecule has 0 radical (unpaired) electrons. The predicted octanol–water partition coefficient (Wildman–Crippen LogP) is 5.69. The highest BCUT2D eigenvalue weighted by molar-refractivity contribution is 9.11. The van der Waals surface area contributed by atoms with Gasteiger partial charge in [-0.15, -0.1) is 0 Å². The van der Waals surface area contributed by atoms with Crippen molar-refractivity contribution in [3.8, 4) is 0 Å². The zero-order valence-corrected chi connectivity index (χ0v) is 14.9. The lowest BCUT2D eigenvalue weighted by Gasteiger charge is -2.25. The Balaban J connectivity index is 2.83. The van der Waals surface area contributed by atoms with Crippen molar-refractivity contribution < 1.29 is 0 Å². The van der Waals surface area contributed by atoms with Crippen LogP contribution in [0.2, 0.25) is 0 Å². The van der Waals surface area contributed by atoms with E-state index in [0.29, 0.717) is 11.5 Å². The van der Waals surface area contributed by atoms with Crippen LogP contribution in [0.25, 0.3) is 0 Å². The summed E-state index contributed by atoms with van der Waals surface area (Å²) in [4.78, 5) is 0. The smallest absolute Gasteiger partial charge is 0.0331 e. The van der Waals surface area contributed by atoms with Gasteiger partial charge in [0.15, 0.2) is 0 Å². The second kappa shape index (κ2) is 7.06. The van der Waals surface area contributed by atoms with E-state index in [1.807, 2.05) is 0 Å². The van der Waals surface area contributed by atoms with E-state index in [1.165, 1.54) is 16.5 Å². The summed E-state index contributed by atoms with van der Waals surface area (Å²) in [7, 11) is 0. The Morgan fingerprint density at radius 1 is 1.22 bits per heavy atom. The van der Waals surface area contributed by atoms with Crippen LogP contribution in [-0.4, -0.2) is 6.54 Å². The van der Waals surface area contributed by atoms with Crippen LogP contribution in [0.15, 0.2) is 27.1 Å². The lowest BCUT2D eigenvalue weighted by Crippen LogP contribution is -2.23. The summed E-state index contributed by atoms with van der Waals surface area (Å²) in [6.07, 6.45) is 2.38. The molecule has 0 spiro atoms. The third kappa shape index (κ3) is 5.41. The van der Waals surface area contributed by atoms with Gasteiger partial charge in [0.2, 0.25) is 0 Å². The van der Waals surface area contributed by atoms with Crippen molar-refractivity contribution in [2.24, 2.45) is 5.41 Å². The molecule has 0 aliphatic rings. The fourth-order valence-electron chi connectivity index (χ4n) is 1.98. The molecule has 0 fully saturated rings. The zero-order chi connectivity index (χ0) is 13.8. The van der Waals surface area contributed by atoms with Gasteiger partial charge in [0.05, 0.1) is 0 Å². The quantitative estimate of drug-likeness (QED) is 0.695. The largest absolute Gasteiger partial charge is 0.310 e. The molecule has 18 heavy (non-hydrogen) atoms. The number of hydrogen-bond donors (Lipinski definition) is 1. The molecule has 0 aromatic heterocycles. The highest BCUT2D eigenvalue weighted by Gasteiger charge is 2.18. The van der Waals surface area contributed by atoms with Gasteiger partial charge in [-0.3, -0.25) is 0 Å². The van der Waals surface area contributed by atoms with E-state index in [1.54, 1.807) is 0 Å². The monoisotopic (exact) mass is 375 g/mol. The molecule has 0 aliphatic heterocycles. The van der Waals surface area contributed by atoms with Crippen LogP contribution in [0.3, 0.4) is 0 Å². The van der Waals surface area contributed by atoms with Crippen molar-refractivity contribution in [2.75, 3.05) is 6.54 Å². The van der Waals surface area contributed by atoms with Crippen LogP contribution in [0.5, 0.6) is 0 Å². The van der Waals surface area contributed by atoms with Gasteiger partial charge in [0, 0.05) is 15.0 Å². The minimum atomic E-state index is 0.384. The van der Waals surface area contributed by atoms with Crippen molar-refractivity contribution in [1.82, 2.24) is 5.32 Å². The molecule has 102 valence electrons. The Morgan fingerprint density at radius 3 is 2.39 bits per heavy atom. The SMILES string of the molecule is CCNC(CCC(C)(C)C)c1ccc(Br)cc1Br. The van der Waals surface area contributed by atoms with E-state index in [0.717, 1.165) is 17.4 Å². The molecular formula is C15H23Br2N. The molecular weight excluding hydrogens is 354 g/mol. The lowest BCUT2D eigenvalue weighted by molar-refractivity contribution is 0.333. The van der Waals surface area contributed by atoms with E-state index >= 15 is 0 Å². The Labute approximate surface area is 128 Å². The van der Waals surface area contributed by atoms with Crippen molar-refractivity contribution in [1.29, 1.82) is 0 Å². The van der Waals surface area contributed by atoms with Gasteiger partial charge < -0.3 is 5.32 Å². The van der Waals surface area contributed by atoms with Gasteiger partial charge in [0.25, 0.3) is 0 Å². The van der Waals surface area contributed by atoms with Crippen molar-refractivity contribution >= 4 is 31.9 Å². The van der Waals surface area contributed by atoms with Gasteiger partial charge in [-0.2, -0.15) is 0 Å². The summed E-state index contributed by atoms with van der Waals surface area (Å²) in [6, 6.07) is 6.86. The molecule has 1 aromatic carbocycles. The standard InChI is InChI=1S/C15H23Br2N/c1-5-18-14(8-9-15(2,3)4)12-7-6-11(16)10-13(12)17/h6-7,10,14,18H,5,8-9H2,1-4H3. The Kier molecular flexibility index (Phi) is 6.36. The Hall–Kier alpha value is 0.140. The van der Waals surface area contributed by atoms with Crippen LogP contribution in [0, 0.1) is 5.41 Å². The van der Waals surface area contributed by atoms with Gasteiger partial charge in [0.1, 0.15) is 0 Å². The van der Waals surface area contributed by atoms with Gasteiger partial charge in [-0.05, 0) is 42.5 Å². The van der Waals surface area contributed by atoms with Crippen LogP contribution < -0.4 is 5.32 Å². The normalized spacial score (nSPS) is 13.7. The highest BCUT2D eigenvalue weighted by atomic mass is 79.9. The maximum absolute atomic E-state index is 3.67. The fraction of sp³-hybridized carbons (Fsp3) is 0.600. The van der Waals surface area contributed by atoms with Crippen LogP contribution in [0.4, 0.5) is 0 Å². The van der Waals surface area contributed by atoms with Crippen molar-refractivity contribution in [3.63, 3.8) is 0 Å². The zero-order valence-electron chi connectivity index (χ0n) is 11.7. The second-order valence-corrected chi connectivity index (χ2v) is 7.65. The number of halogens is 2. The van der Waals surface area contributed by atoms with Crippen LogP contribution in [-0.2, 0) is 0 Å². The molecule has 1 rings (SSSR count). The lowest BCUT2D eigenvalue weighted by atomic mass is 9.87. The highest BCUT2D eigenvalue weighted by Crippen LogP contribution is 2.32. The predicted molar refractivity (Wildman–Crippen MR) is 86.9 cm³/mol. The van der Waals surface area contributed by atoms with E-state index in [2.05, 4.69) is 83.1 Å². The molecule has 3 heteroatoms. The third-order valence-corrected chi connectivity index (χ3v) is 4.15. The maximum atomic E-state index is 3.67. The average Bonchev–Trinajstić information content (AvgIpc) is 2.24. The van der Waals surface area contributed by atoms with Crippen molar-refractivity contribution in [3.05, 3.63) is 32.7 Å². The van der Waals surface area contributed by atoms with Crippen molar-refractivity contribution in [2.45, 2.75) is 46.6 Å². The second-order valence-electron chi connectivity index (χ2n) is 5.88.